The topological polar surface area (TPSA) is 124 Å². The Labute approximate surface area is 424 Å². The number of alkyl halides is 6. The Balaban J connectivity index is 0.000000214. The second-order valence-electron chi connectivity index (χ2n) is 19.9. The molecule has 4 aliphatic heterocycles. The molecule has 0 radical (unpaired) electrons. The highest BCUT2D eigenvalue weighted by molar-refractivity contribution is 5.74. The van der Waals surface area contributed by atoms with E-state index in [9.17, 15) is 40.7 Å². The number of ether oxygens (including phenoxy) is 2. The van der Waals surface area contributed by atoms with Crippen LogP contribution in [0.3, 0.4) is 0 Å². The Morgan fingerprint density at radius 3 is 1.40 bits per heavy atom. The zero-order chi connectivity index (χ0) is 53.1. The first-order valence-electron chi connectivity index (χ1n) is 25.2. The molecule has 1 N–H and O–H groups in total. The second kappa shape index (κ2) is 22.6. The van der Waals surface area contributed by atoms with E-state index < -0.39 is 60.0 Å². The zero-order valence-corrected chi connectivity index (χ0v) is 43.2. The summed E-state index contributed by atoms with van der Waals surface area (Å²) in [5.74, 6) is 1.70. The van der Waals surface area contributed by atoms with E-state index in [0.717, 1.165) is 103 Å². The number of benzene rings is 2. The molecular weight excluding hydrogens is 955 g/mol. The van der Waals surface area contributed by atoms with Crippen LogP contribution in [-0.2, 0) is 39.7 Å². The van der Waals surface area contributed by atoms with Crippen molar-refractivity contribution in [2.45, 2.75) is 150 Å². The lowest BCUT2D eigenvalue weighted by molar-refractivity contribution is -0.138. The molecule has 2 aromatic heterocycles. The first-order valence-corrected chi connectivity index (χ1v) is 25.2. The highest BCUT2D eigenvalue weighted by Crippen LogP contribution is 2.41. The SMILES string of the molecule is CCN(c1ncc(C)cc1CN1C(=O)O[C@H](c2cc(C)cc(C(F)(F)F)c2)[C@@H]1C)C1CCN(C(C)=O)CC1.CCN(c1ncc(C)cc1CN1C(=O)O[C@H](c2cc(C)cc(C(F)(F)F)c2)[C@@H]1C)C1CCNCC1. The van der Waals surface area contributed by atoms with Gasteiger partial charge in [0.15, 0.2) is 0 Å². The zero-order valence-electron chi connectivity index (χ0n) is 43.2. The highest BCUT2D eigenvalue weighted by atomic mass is 19.4. The molecule has 4 saturated heterocycles. The fraction of sp³-hybridized carbons (Fsp3) is 0.537. The third-order valence-corrected chi connectivity index (χ3v) is 14.5. The number of aromatic nitrogens is 2. The van der Waals surface area contributed by atoms with Gasteiger partial charge in [-0.3, -0.25) is 14.6 Å². The van der Waals surface area contributed by atoms with Crippen molar-refractivity contribution in [1.29, 1.82) is 0 Å². The van der Waals surface area contributed by atoms with Gasteiger partial charge in [0.2, 0.25) is 5.91 Å². The van der Waals surface area contributed by atoms with E-state index in [1.165, 1.54) is 0 Å². The largest absolute Gasteiger partial charge is 0.439 e. The van der Waals surface area contributed by atoms with Crippen molar-refractivity contribution in [2.24, 2.45) is 0 Å². The van der Waals surface area contributed by atoms with Crippen LogP contribution < -0.4 is 15.1 Å². The number of rotatable bonds is 12. The number of hydrogen-bond donors (Lipinski definition) is 1. The summed E-state index contributed by atoms with van der Waals surface area (Å²) in [6, 6.07) is 11.3. The predicted molar refractivity (Wildman–Crippen MR) is 266 cm³/mol. The normalized spacial score (nSPS) is 20.9. The van der Waals surface area contributed by atoms with Gasteiger partial charge < -0.3 is 29.5 Å². The number of cyclic esters (lactones) is 2. The van der Waals surface area contributed by atoms with E-state index in [1.54, 1.807) is 55.8 Å². The van der Waals surface area contributed by atoms with Crippen LogP contribution in [0.15, 0.2) is 60.9 Å². The number of anilines is 2. The third kappa shape index (κ3) is 12.6. The number of carbonyl (C=O) groups excluding carboxylic acids is 3. The number of halogens is 6. The van der Waals surface area contributed by atoms with Crippen molar-refractivity contribution in [1.82, 2.24) is 30.0 Å². The Hall–Kier alpha value is -6.11. The van der Waals surface area contributed by atoms with Crippen molar-refractivity contribution < 1.29 is 50.2 Å². The smallest absolute Gasteiger partial charge is 0.416 e. The molecule has 6 heterocycles. The lowest BCUT2D eigenvalue weighted by Gasteiger charge is -2.39. The van der Waals surface area contributed by atoms with Crippen molar-refractivity contribution >= 4 is 29.7 Å². The minimum absolute atomic E-state index is 0.0766. The lowest BCUT2D eigenvalue weighted by atomic mass is 9.98. The molecule has 0 spiro atoms. The fourth-order valence-electron chi connectivity index (χ4n) is 10.7. The number of pyridine rings is 2. The van der Waals surface area contributed by atoms with E-state index in [1.807, 2.05) is 44.0 Å². The van der Waals surface area contributed by atoms with E-state index in [4.69, 9.17) is 19.4 Å². The molecule has 8 rings (SSSR count). The van der Waals surface area contributed by atoms with Crippen LogP contribution in [0.1, 0.15) is 128 Å². The first kappa shape index (κ1) is 54.7. The van der Waals surface area contributed by atoms with Crippen LogP contribution in [-0.4, -0.2) is 106 Å². The number of nitrogens with zero attached hydrogens (tertiary/aromatic N) is 7. The summed E-state index contributed by atoms with van der Waals surface area (Å²) in [5.41, 5.74) is 3.81. The highest BCUT2D eigenvalue weighted by Gasteiger charge is 2.44. The maximum atomic E-state index is 13.4. The first-order chi connectivity index (χ1) is 34.5. The van der Waals surface area contributed by atoms with E-state index in [-0.39, 0.29) is 25.0 Å². The monoisotopic (exact) mass is 1020 g/mol. The van der Waals surface area contributed by atoms with Gasteiger partial charge in [-0.2, -0.15) is 26.3 Å². The molecule has 4 aromatic rings. The maximum absolute atomic E-state index is 13.4. The van der Waals surface area contributed by atoms with Gasteiger partial charge in [-0.05, 0) is 153 Å². The molecule has 4 fully saturated rings. The van der Waals surface area contributed by atoms with Gasteiger partial charge in [0.1, 0.15) is 23.8 Å². The predicted octanol–water partition coefficient (Wildman–Crippen LogP) is 11.0. The molecular formula is C54H68F6N8O5. The summed E-state index contributed by atoms with van der Waals surface area (Å²) in [5, 5.41) is 3.39. The van der Waals surface area contributed by atoms with Crippen molar-refractivity contribution in [2.75, 3.05) is 49.1 Å². The average Bonchev–Trinajstić information content (AvgIpc) is 3.78. The van der Waals surface area contributed by atoms with Crippen molar-refractivity contribution in [3.63, 3.8) is 0 Å². The van der Waals surface area contributed by atoms with Gasteiger partial charge in [0.25, 0.3) is 0 Å². The maximum Gasteiger partial charge on any atom is 0.416 e. The summed E-state index contributed by atoms with van der Waals surface area (Å²) in [6.07, 6.45) is -4.34. The molecule has 396 valence electrons. The third-order valence-electron chi connectivity index (χ3n) is 14.5. The average molecular weight is 1020 g/mol. The summed E-state index contributed by atoms with van der Waals surface area (Å²) in [4.78, 5) is 56.7. The number of piperidine rings is 2. The van der Waals surface area contributed by atoms with Gasteiger partial charge in [-0.25, -0.2) is 19.6 Å². The summed E-state index contributed by atoms with van der Waals surface area (Å²) in [7, 11) is 0. The van der Waals surface area contributed by atoms with Crippen LogP contribution >= 0.6 is 0 Å². The minimum atomic E-state index is -4.49. The van der Waals surface area contributed by atoms with E-state index in [2.05, 4.69) is 29.0 Å². The van der Waals surface area contributed by atoms with Crippen LogP contribution in [0.5, 0.6) is 0 Å². The number of aryl methyl sites for hydroxylation is 4. The molecule has 2 aromatic carbocycles. The number of likely N-dealkylation sites (tertiary alicyclic amines) is 1. The minimum Gasteiger partial charge on any atom is -0.439 e. The molecule has 3 amide bonds. The van der Waals surface area contributed by atoms with Crippen LogP contribution in [0.25, 0.3) is 0 Å². The molecule has 4 aliphatic rings. The number of carbonyl (C=O) groups is 3. The molecule has 73 heavy (non-hydrogen) atoms. The van der Waals surface area contributed by atoms with Crippen LogP contribution in [0.4, 0.5) is 47.6 Å². The van der Waals surface area contributed by atoms with Crippen LogP contribution in [0, 0.1) is 27.7 Å². The van der Waals surface area contributed by atoms with Crippen LogP contribution in [0.2, 0.25) is 0 Å². The van der Waals surface area contributed by atoms with Gasteiger partial charge in [-0.15, -0.1) is 0 Å². The second-order valence-corrected chi connectivity index (χ2v) is 19.9. The Morgan fingerprint density at radius 1 is 0.630 bits per heavy atom. The summed E-state index contributed by atoms with van der Waals surface area (Å²) >= 11 is 0. The summed E-state index contributed by atoms with van der Waals surface area (Å²) in [6.45, 7) is 21.7. The molecule has 0 saturated carbocycles. The molecule has 0 unspecified atom stereocenters. The fourth-order valence-corrected chi connectivity index (χ4v) is 10.7. The van der Waals surface area contributed by atoms with Gasteiger partial charge in [0, 0.05) is 68.7 Å². The van der Waals surface area contributed by atoms with Gasteiger partial charge in [0.05, 0.1) is 36.3 Å². The van der Waals surface area contributed by atoms with E-state index in [0.29, 0.717) is 47.9 Å². The standard InChI is InChI=1S/C28H35F3N4O3.C26H33F3N4O2/c1-6-34(24-7-9-33(10-8-24)20(5)36)26-22(12-18(3)15-32-26)16-35-19(4)25(38-27(35)37)21-11-17(2)13-23(14-21)28(29,30)31;1-5-32(22-6-8-30-9-7-22)24-20(11-17(3)14-31-24)15-33-18(4)23(35-25(33)34)19-10-16(2)12-21(13-19)26(27,28)29/h11-15,19,24-25H,6-10,16H2,1-5H3;10-14,18,22-23,30H,5-9,15H2,1-4H3/t19-,25-;18-,23-/m00/s1. The Kier molecular flexibility index (Phi) is 16.9. The number of hydrogen-bond acceptors (Lipinski definition) is 10. The molecule has 13 nitrogen and oxygen atoms in total. The number of nitrogens with one attached hydrogen (secondary N) is 1. The quantitative estimate of drug-likeness (QED) is 0.137. The van der Waals surface area contributed by atoms with E-state index >= 15 is 0 Å². The van der Waals surface area contributed by atoms with Gasteiger partial charge >= 0.3 is 24.5 Å². The van der Waals surface area contributed by atoms with Crippen molar-refractivity contribution in [3.8, 4) is 0 Å². The molecule has 0 bridgehead atoms. The summed E-state index contributed by atoms with van der Waals surface area (Å²) < 4.78 is 91.7. The van der Waals surface area contributed by atoms with Gasteiger partial charge in [-0.1, -0.05) is 23.3 Å². The Bertz CT molecular complexity index is 2620. The number of amides is 3. The lowest BCUT2D eigenvalue weighted by Crippen LogP contribution is -2.47. The Morgan fingerprint density at radius 2 is 1.03 bits per heavy atom. The molecule has 19 heteroatoms. The molecule has 4 atom stereocenters. The van der Waals surface area contributed by atoms with Crippen molar-refractivity contribution in [3.05, 3.63) is 117 Å². The molecule has 0 aliphatic carbocycles.